The number of rotatable bonds is 0. The van der Waals surface area contributed by atoms with E-state index in [0.717, 1.165) is 0 Å². The number of carbonyl (C=O) groups is 1. The van der Waals surface area contributed by atoms with E-state index >= 15 is 0 Å². The highest BCUT2D eigenvalue weighted by atomic mass is 35.5. The van der Waals surface area contributed by atoms with Crippen LogP contribution in [0.2, 0.25) is 0 Å². The molecule has 0 saturated heterocycles. The summed E-state index contributed by atoms with van der Waals surface area (Å²) in [6, 6.07) is 0. The molecule has 0 aromatic heterocycles. The zero-order valence-electron chi connectivity index (χ0n) is 4.55. The Bertz CT molecular complexity index is 24.1. The van der Waals surface area contributed by atoms with E-state index in [2.05, 4.69) is 0 Å². The average molecular weight is 127 g/mol. The van der Waals surface area contributed by atoms with E-state index in [4.69, 9.17) is 10.6 Å². The van der Waals surface area contributed by atoms with Crippen LogP contribution in [0.15, 0.2) is 0 Å². The maximum absolute atomic E-state index is 8.00. The fourth-order valence-electron chi connectivity index (χ4n) is 0. The summed E-state index contributed by atoms with van der Waals surface area (Å²) in [6.45, 7) is 2.00. The van der Waals surface area contributed by atoms with Crippen LogP contribution in [-0.2, 0) is 4.79 Å². The van der Waals surface area contributed by atoms with Crippen molar-refractivity contribution in [1.29, 1.82) is 0 Å². The van der Waals surface area contributed by atoms with Crippen LogP contribution >= 0.6 is 12.4 Å². The van der Waals surface area contributed by atoms with Crippen molar-refractivity contribution >= 4 is 19.2 Å². The Hall–Kier alpha value is -0.120. The third-order valence-corrected chi connectivity index (χ3v) is 0. The van der Waals surface area contributed by atoms with Crippen molar-refractivity contribution in [2.75, 3.05) is 14.1 Å². The first-order valence-electron chi connectivity index (χ1n) is 1.44. The monoisotopic (exact) mass is 126 g/mol. The van der Waals surface area contributed by atoms with Gasteiger partial charge in [-0.3, -0.25) is 10.9 Å². The van der Waals surface area contributed by atoms with Crippen LogP contribution in [0.4, 0.5) is 0 Å². The van der Waals surface area contributed by atoms with E-state index in [1.54, 1.807) is 14.1 Å². The topological polar surface area (TPSA) is 46.3 Å². The Kier molecular flexibility index (Phi) is 38.1. The van der Waals surface area contributed by atoms with Crippen molar-refractivity contribution in [1.82, 2.24) is 5.01 Å². The summed E-state index contributed by atoms with van der Waals surface area (Å²) in [4.78, 5) is 8.00. The Morgan fingerprint density at radius 3 is 1.43 bits per heavy atom. The van der Waals surface area contributed by atoms with Crippen molar-refractivity contribution in [3.8, 4) is 0 Å². The molecule has 4 heteroatoms. The van der Waals surface area contributed by atoms with Crippen LogP contribution in [0.3, 0.4) is 0 Å². The molecule has 3 nitrogen and oxygen atoms in total. The molecule has 0 aliphatic heterocycles. The molecule has 0 spiro atoms. The molecular weight excluding hydrogens is 115 g/mol. The zero-order chi connectivity index (χ0) is 5.58. The highest BCUT2D eigenvalue weighted by Gasteiger charge is 1.57. The van der Waals surface area contributed by atoms with Gasteiger partial charge in [0, 0.05) is 14.1 Å². The lowest BCUT2D eigenvalue weighted by molar-refractivity contribution is -0.0979. The molecule has 0 bridgehead atoms. The smallest absolute Gasteiger partial charge is 0.106 e. The number of hydrogen-bond donors (Lipinski definition) is 1. The van der Waals surface area contributed by atoms with Crippen LogP contribution in [0.1, 0.15) is 0 Å². The predicted molar refractivity (Wildman–Crippen MR) is 32.2 cm³/mol. The van der Waals surface area contributed by atoms with E-state index in [-0.39, 0.29) is 12.4 Å². The Morgan fingerprint density at radius 1 is 1.43 bits per heavy atom. The third kappa shape index (κ3) is 6150. The van der Waals surface area contributed by atoms with Gasteiger partial charge in [0.25, 0.3) is 0 Å². The van der Waals surface area contributed by atoms with Crippen LogP contribution in [0, 0.1) is 0 Å². The Labute approximate surface area is 49.9 Å². The average Bonchev–Trinajstić information content (AvgIpc) is 1.41. The third-order valence-electron chi connectivity index (χ3n) is 0. The second-order valence-electron chi connectivity index (χ2n) is 0.964. The van der Waals surface area contributed by atoms with Crippen molar-refractivity contribution in [2.24, 2.45) is 5.84 Å². The van der Waals surface area contributed by atoms with E-state index in [1.165, 1.54) is 5.01 Å². The van der Waals surface area contributed by atoms with Crippen LogP contribution in [0.5, 0.6) is 0 Å². The second kappa shape index (κ2) is 16.9. The first-order chi connectivity index (χ1) is 2.73. The highest BCUT2D eigenvalue weighted by molar-refractivity contribution is 5.85. The minimum Gasteiger partial charge on any atom is -0.307 e. The van der Waals surface area contributed by atoms with E-state index < -0.39 is 0 Å². The predicted octanol–water partition coefficient (Wildman–Crippen LogP) is -0.341. The molecule has 2 N–H and O–H groups in total. The minimum absolute atomic E-state index is 0. The Balaban J connectivity index is -0.0000000480. The molecule has 0 aromatic carbocycles. The normalized spacial score (nSPS) is 5.71. The molecule has 7 heavy (non-hydrogen) atoms. The van der Waals surface area contributed by atoms with Gasteiger partial charge in [0.05, 0.1) is 0 Å². The molecule has 0 radical (unpaired) electrons. The summed E-state index contributed by atoms with van der Waals surface area (Å²) >= 11 is 0. The van der Waals surface area contributed by atoms with Gasteiger partial charge in [-0.1, -0.05) is 0 Å². The maximum atomic E-state index is 8.00. The van der Waals surface area contributed by atoms with E-state index in [9.17, 15) is 0 Å². The van der Waals surface area contributed by atoms with Crippen molar-refractivity contribution in [2.45, 2.75) is 0 Å². The van der Waals surface area contributed by atoms with Crippen molar-refractivity contribution in [3.63, 3.8) is 0 Å². The van der Waals surface area contributed by atoms with Gasteiger partial charge in [0.15, 0.2) is 0 Å². The Morgan fingerprint density at radius 2 is 1.43 bits per heavy atom. The summed E-state index contributed by atoms with van der Waals surface area (Å²) in [5, 5.41) is 1.50. The summed E-state index contributed by atoms with van der Waals surface area (Å²) in [5.41, 5.74) is 0. The molecule has 0 aromatic rings. The van der Waals surface area contributed by atoms with E-state index in [0.29, 0.717) is 0 Å². The largest absolute Gasteiger partial charge is 0.307 e. The lowest BCUT2D eigenvalue weighted by atomic mass is 11.2. The standard InChI is InChI=1S/C2H8N2.CH2O.ClH/c1-4(2)3;1-2;/h3H2,1-2H3;1H2;1H. The fourth-order valence-corrected chi connectivity index (χ4v) is 0. The van der Waals surface area contributed by atoms with Crippen LogP contribution < -0.4 is 5.84 Å². The molecule has 0 aliphatic rings. The van der Waals surface area contributed by atoms with E-state index in [1.807, 2.05) is 6.79 Å². The first-order valence-corrected chi connectivity index (χ1v) is 1.44. The number of nitrogens with two attached hydrogens (primary N) is 1. The van der Waals surface area contributed by atoms with Gasteiger partial charge in [-0.25, -0.2) is 0 Å². The van der Waals surface area contributed by atoms with Gasteiger partial charge < -0.3 is 4.79 Å². The number of hydrazine groups is 1. The quantitative estimate of drug-likeness (QED) is 0.357. The maximum Gasteiger partial charge on any atom is 0.106 e. The molecular formula is C3H11ClN2O. The number of hydrogen-bond acceptors (Lipinski definition) is 3. The van der Waals surface area contributed by atoms with Gasteiger partial charge in [0.2, 0.25) is 0 Å². The SMILES string of the molecule is C=O.CN(C)N.Cl. The van der Waals surface area contributed by atoms with Crippen LogP contribution in [-0.4, -0.2) is 25.9 Å². The van der Waals surface area contributed by atoms with Crippen molar-refractivity contribution in [3.05, 3.63) is 0 Å². The van der Waals surface area contributed by atoms with Gasteiger partial charge in [-0.2, -0.15) is 0 Å². The van der Waals surface area contributed by atoms with Gasteiger partial charge in [-0.05, 0) is 0 Å². The first kappa shape index (κ1) is 15.8. The van der Waals surface area contributed by atoms with Crippen LogP contribution in [0.25, 0.3) is 0 Å². The highest BCUT2D eigenvalue weighted by Crippen LogP contribution is 1.37. The lowest BCUT2D eigenvalue weighted by Crippen LogP contribution is -2.18. The van der Waals surface area contributed by atoms with Crippen molar-refractivity contribution < 1.29 is 4.79 Å². The molecule has 46 valence electrons. The molecule has 0 atom stereocenters. The van der Waals surface area contributed by atoms with Gasteiger partial charge >= 0.3 is 0 Å². The molecule has 0 saturated carbocycles. The molecule has 0 amide bonds. The molecule has 0 fully saturated rings. The number of halogens is 1. The molecule has 0 rings (SSSR count). The molecule has 0 heterocycles. The number of carbonyl (C=O) groups excluding carboxylic acids is 1. The number of nitrogens with zero attached hydrogens (tertiary/aromatic N) is 1. The molecule has 0 aliphatic carbocycles. The fraction of sp³-hybridized carbons (Fsp3) is 0.667. The van der Waals surface area contributed by atoms with Gasteiger partial charge in [-0.15, -0.1) is 12.4 Å². The molecule has 0 unspecified atom stereocenters. The lowest BCUT2D eigenvalue weighted by Gasteiger charge is -1.91. The second-order valence-corrected chi connectivity index (χ2v) is 0.964. The zero-order valence-corrected chi connectivity index (χ0v) is 5.36. The van der Waals surface area contributed by atoms with Gasteiger partial charge in [0.1, 0.15) is 6.79 Å². The minimum atomic E-state index is 0. The summed E-state index contributed by atoms with van der Waals surface area (Å²) in [7, 11) is 3.56. The summed E-state index contributed by atoms with van der Waals surface area (Å²) in [6.07, 6.45) is 0. The summed E-state index contributed by atoms with van der Waals surface area (Å²) < 4.78 is 0. The summed E-state index contributed by atoms with van der Waals surface area (Å²) in [5.74, 6) is 4.94.